The summed E-state index contributed by atoms with van der Waals surface area (Å²) in [5.74, 6) is -3.95. The minimum atomic E-state index is -4.66. The van der Waals surface area contributed by atoms with E-state index in [0.29, 0.717) is 32.4 Å². The van der Waals surface area contributed by atoms with Crippen LogP contribution >= 0.6 is 0 Å². The van der Waals surface area contributed by atoms with Gasteiger partial charge in [-0.3, -0.25) is 24.3 Å². The van der Waals surface area contributed by atoms with Crippen LogP contribution < -0.4 is 20.7 Å². The molecule has 2 aliphatic carbocycles. The fourth-order valence-corrected chi connectivity index (χ4v) is 9.66. The summed E-state index contributed by atoms with van der Waals surface area (Å²) in [4.78, 5) is 75.9. The highest BCUT2D eigenvalue weighted by Gasteiger charge is 2.61. The summed E-state index contributed by atoms with van der Waals surface area (Å²) in [7, 11) is -4.66. The molecule has 1 spiro atoms. The number of carbonyl (C=O) groups excluding carboxylic acids is 5. The van der Waals surface area contributed by atoms with Gasteiger partial charge in [0.2, 0.25) is 11.8 Å². The van der Waals surface area contributed by atoms with Crippen LogP contribution in [0.4, 0.5) is 19.7 Å². The van der Waals surface area contributed by atoms with Gasteiger partial charge in [-0.25, -0.2) is 27.1 Å². The molecule has 0 bridgehead atoms. The van der Waals surface area contributed by atoms with Crippen molar-refractivity contribution in [2.24, 2.45) is 5.92 Å². The predicted octanol–water partition coefficient (Wildman–Crippen LogP) is 4.01. The van der Waals surface area contributed by atoms with Crippen LogP contribution in [0.25, 0.3) is 0 Å². The first-order valence-corrected chi connectivity index (χ1v) is 21.6. The molecule has 4 heterocycles. The Morgan fingerprint density at radius 2 is 1.71 bits per heavy atom. The van der Waals surface area contributed by atoms with Crippen molar-refractivity contribution in [3.05, 3.63) is 66.3 Å². The van der Waals surface area contributed by atoms with E-state index in [0.717, 1.165) is 61.8 Å². The highest BCUT2D eigenvalue weighted by molar-refractivity contribution is 7.90. The minimum Gasteiger partial charge on any atom is -0.446 e. The normalized spacial score (nSPS) is 27.9. The molecular weight excluding hydrogens is 774 g/mol. The molecule has 1 aromatic heterocycles. The Labute approximate surface area is 336 Å². The molecule has 3 aliphatic heterocycles. The summed E-state index contributed by atoms with van der Waals surface area (Å²) in [6, 6.07) is 2.69. The maximum Gasteiger partial charge on any atom is 0.410 e. The largest absolute Gasteiger partial charge is 0.446 e. The van der Waals surface area contributed by atoms with Crippen molar-refractivity contribution >= 4 is 45.6 Å². The molecule has 7 rings (SSSR count). The maximum atomic E-state index is 14.6. The highest BCUT2D eigenvalue weighted by Crippen LogP contribution is 2.45. The van der Waals surface area contributed by atoms with E-state index < -0.39 is 80.3 Å². The number of nitrogens with one attached hydrogen (secondary N) is 4. The van der Waals surface area contributed by atoms with E-state index in [1.165, 1.54) is 21.9 Å². The zero-order valence-corrected chi connectivity index (χ0v) is 33.1. The van der Waals surface area contributed by atoms with Crippen LogP contribution in [0.2, 0.25) is 0 Å². The number of halogens is 1. The van der Waals surface area contributed by atoms with Crippen molar-refractivity contribution < 1.29 is 46.3 Å². The highest BCUT2D eigenvalue weighted by atomic mass is 32.2. The summed E-state index contributed by atoms with van der Waals surface area (Å²) >= 11 is 0. The molecule has 5 atom stereocenters. The zero-order valence-electron chi connectivity index (χ0n) is 32.3. The number of hydrogen-bond donors (Lipinski definition) is 4. The molecule has 16 nitrogen and oxygen atoms in total. The second kappa shape index (κ2) is 17.3. The molecule has 3 fully saturated rings. The number of benzene rings is 1. The van der Waals surface area contributed by atoms with Crippen LogP contribution in [0.3, 0.4) is 0 Å². The fraction of sp³-hybridized carbons (Fsp3) is 0.550. The zero-order chi connectivity index (χ0) is 41.0. The Morgan fingerprint density at radius 3 is 2.47 bits per heavy atom. The maximum absolute atomic E-state index is 14.6. The summed E-state index contributed by atoms with van der Waals surface area (Å²) in [6.07, 6.45) is 8.97. The molecule has 1 aromatic carbocycles. The number of rotatable bonds is 4. The van der Waals surface area contributed by atoms with E-state index in [-0.39, 0.29) is 44.1 Å². The van der Waals surface area contributed by atoms with Crippen molar-refractivity contribution in [3.8, 4) is 0 Å². The number of sulfonamides is 1. The van der Waals surface area contributed by atoms with E-state index in [9.17, 15) is 36.8 Å². The van der Waals surface area contributed by atoms with Gasteiger partial charge in [-0.1, -0.05) is 31.8 Å². The second-order valence-corrected chi connectivity index (χ2v) is 17.5. The van der Waals surface area contributed by atoms with Gasteiger partial charge in [0.15, 0.2) is 0 Å². The molecule has 2 aromatic rings. The Morgan fingerprint density at radius 1 is 0.966 bits per heavy atom. The van der Waals surface area contributed by atoms with Gasteiger partial charge in [0, 0.05) is 37.8 Å². The standard InChI is InChI=1S/C40H50FN7O9S/c1-2-27-20-40(27)37(51)46-58(54,55)34-18-28(41)13-14-31(34)43-16-9-5-3-4-6-12-32(44-38(52)56-29-10-7-8-11-29)36(50)48-24-30(19-33(48)35(49)45-40)57-39(53)47-22-25-15-17-42-21-26(25)23-47/h2,13-15,17-18,21,27,29-30,32-33,43H,1,3-12,16,19-20,22-24H2,(H,44,52)(H,45,49)(H,46,51)/t27-,30-,32+,33+,40-/m1/s1. The molecule has 4 N–H and O–H groups in total. The van der Waals surface area contributed by atoms with Crippen LogP contribution in [-0.4, -0.2) is 96.0 Å². The number of carbonyl (C=O) groups is 5. The lowest BCUT2D eigenvalue weighted by Gasteiger charge is -2.30. The van der Waals surface area contributed by atoms with Gasteiger partial charge < -0.3 is 30.3 Å². The molecule has 58 heavy (non-hydrogen) atoms. The van der Waals surface area contributed by atoms with E-state index >= 15 is 0 Å². The topological polar surface area (TPSA) is 205 Å². The van der Waals surface area contributed by atoms with Crippen molar-refractivity contribution in [3.63, 3.8) is 0 Å². The average molecular weight is 824 g/mol. The van der Waals surface area contributed by atoms with Gasteiger partial charge in [0.1, 0.15) is 40.5 Å². The molecule has 5 aliphatic rings. The number of hydrogen-bond acceptors (Lipinski definition) is 11. The lowest BCUT2D eigenvalue weighted by Crippen LogP contribution is -2.58. The fourth-order valence-electron chi connectivity index (χ4n) is 8.43. The van der Waals surface area contributed by atoms with Crippen LogP contribution in [0.15, 0.2) is 54.2 Å². The smallest absolute Gasteiger partial charge is 0.410 e. The van der Waals surface area contributed by atoms with Crippen LogP contribution in [0.5, 0.6) is 0 Å². The van der Waals surface area contributed by atoms with Gasteiger partial charge >= 0.3 is 12.2 Å². The molecule has 2 saturated carbocycles. The summed E-state index contributed by atoms with van der Waals surface area (Å²) in [5, 5.41) is 8.51. The lowest BCUT2D eigenvalue weighted by atomic mass is 10.0. The predicted molar refractivity (Wildman–Crippen MR) is 207 cm³/mol. The number of nitrogens with zero attached hydrogens (tertiary/aromatic N) is 3. The third kappa shape index (κ3) is 9.06. The van der Waals surface area contributed by atoms with Crippen molar-refractivity contribution in [2.45, 2.75) is 125 Å². The molecule has 312 valence electrons. The molecule has 18 heteroatoms. The first-order chi connectivity index (χ1) is 27.9. The number of amides is 5. The Bertz CT molecular complexity index is 2020. The minimum absolute atomic E-state index is 0.00149. The number of pyridine rings is 1. The van der Waals surface area contributed by atoms with E-state index in [1.807, 2.05) is 10.8 Å². The third-order valence-corrected chi connectivity index (χ3v) is 13.1. The van der Waals surface area contributed by atoms with Crippen molar-refractivity contribution in [1.82, 2.24) is 30.1 Å². The Kier molecular flexibility index (Phi) is 12.2. The van der Waals surface area contributed by atoms with Gasteiger partial charge in [-0.05, 0) is 80.3 Å². The van der Waals surface area contributed by atoms with Gasteiger partial charge in [-0.15, -0.1) is 6.58 Å². The number of ether oxygens (including phenoxy) is 2. The van der Waals surface area contributed by atoms with Crippen molar-refractivity contribution in [2.75, 3.05) is 18.4 Å². The van der Waals surface area contributed by atoms with Crippen molar-refractivity contribution in [1.29, 1.82) is 0 Å². The quantitative estimate of drug-likeness (QED) is 0.324. The molecule has 0 unspecified atom stereocenters. The number of anilines is 1. The van der Waals surface area contributed by atoms with E-state index in [4.69, 9.17) is 9.47 Å². The first-order valence-electron chi connectivity index (χ1n) is 20.1. The van der Waals surface area contributed by atoms with Gasteiger partial charge in [0.05, 0.1) is 18.8 Å². The second-order valence-electron chi connectivity index (χ2n) is 15.8. The monoisotopic (exact) mass is 823 g/mol. The number of aromatic nitrogens is 1. The average Bonchev–Trinajstić information content (AvgIpc) is 3.59. The Hall–Kier alpha value is -5.26. The lowest BCUT2D eigenvalue weighted by molar-refractivity contribution is -0.141. The molecule has 1 saturated heterocycles. The van der Waals surface area contributed by atoms with Crippen LogP contribution in [0.1, 0.15) is 88.2 Å². The number of alkyl carbamates (subject to hydrolysis) is 1. The molecule has 5 amide bonds. The van der Waals surface area contributed by atoms with E-state index in [2.05, 4.69) is 27.5 Å². The Balaban J connectivity index is 1.16. The first kappa shape index (κ1) is 40.9. The third-order valence-electron chi connectivity index (χ3n) is 11.8. The summed E-state index contributed by atoms with van der Waals surface area (Å²) < 4.78 is 55.4. The number of fused-ring (bicyclic) bond motifs is 3. The van der Waals surface area contributed by atoms with Gasteiger partial charge in [0.25, 0.3) is 15.9 Å². The van der Waals surface area contributed by atoms with Crippen LogP contribution in [0, 0.1) is 11.7 Å². The SMILES string of the molecule is C=C[C@@H]1C[C@@]12NC(=O)[C@@H]1C[C@@H](OC(=O)N3Cc4ccncc4C3)CN1C(=O)[C@@H](NC(=O)OC1CCCC1)CCCCCCCNc1ccc(F)cc1S(=O)(=O)NC2=O. The van der Waals surface area contributed by atoms with E-state index in [1.54, 1.807) is 12.4 Å². The van der Waals surface area contributed by atoms with Crippen LogP contribution in [-0.2, 0) is 47.0 Å². The molecular formula is C40H50FN7O9S. The summed E-state index contributed by atoms with van der Waals surface area (Å²) in [5.41, 5.74) is 0.134. The molecule has 0 radical (unpaired) electrons. The summed E-state index contributed by atoms with van der Waals surface area (Å²) in [6.45, 7) is 4.50. The van der Waals surface area contributed by atoms with Gasteiger partial charge in [-0.2, -0.15) is 0 Å².